The van der Waals surface area contributed by atoms with E-state index in [0.717, 1.165) is 11.4 Å². The Hall–Kier alpha value is -0.900. The maximum Gasteiger partial charge on any atom is 0.0778 e. The molecular weight excluding hydrogens is 242 g/mol. The van der Waals surface area contributed by atoms with Crippen molar-refractivity contribution in [1.82, 2.24) is 4.90 Å². The smallest absolute Gasteiger partial charge is 0.0778 e. The van der Waals surface area contributed by atoms with Crippen molar-refractivity contribution in [2.45, 2.75) is 32.4 Å². The molecule has 1 N–H and O–H groups in total. The van der Waals surface area contributed by atoms with Crippen LogP contribution in [0.25, 0.3) is 10.1 Å². The average Bonchev–Trinajstić information content (AvgIpc) is 2.78. The predicted molar refractivity (Wildman–Crippen MR) is 76.9 cm³/mol. The van der Waals surface area contributed by atoms with Crippen LogP contribution in [0.1, 0.15) is 29.7 Å². The number of thiophene rings is 1. The lowest BCUT2D eigenvalue weighted by Crippen LogP contribution is -2.29. The number of likely N-dealkylation sites (tertiary alicyclic amines) is 1. The summed E-state index contributed by atoms with van der Waals surface area (Å²) in [5.74, 6) is 0. The zero-order valence-electron chi connectivity index (χ0n) is 10.6. The van der Waals surface area contributed by atoms with Gasteiger partial charge in [0.25, 0.3) is 0 Å². The molecule has 0 amide bonds. The number of nitrogens with zero attached hydrogens (tertiary/aromatic N) is 1. The molecule has 0 saturated carbocycles. The Morgan fingerprint density at radius 2 is 1.89 bits per heavy atom. The van der Waals surface area contributed by atoms with Crippen molar-refractivity contribution in [3.05, 3.63) is 34.7 Å². The summed E-state index contributed by atoms with van der Waals surface area (Å²) in [6, 6.07) is 8.50. The summed E-state index contributed by atoms with van der Waals surface area (Å²) in [5, 5.41) is 10.9. The highest BCUT2D eigenvalue weighted by atomic mass is 32.1. The fourth-order valence-electron chi connectivity index (χ4n) is 2.79. The fourth-order valence-corrected chi connectivity index (χ4v) is 3.87. The van der Waals surface area contributed by atoms with Crippen LogP contribution in [0, 0.1) is 0 Å². The largest absolute Gasteiger partial charge is 0.391 e. The quantitative estimate of drug-likeness (QED) is 0.915. The minimum Gasteiger partial charge on any atom is -0.391 e. The first-order valence-electron chi connectivity index (χ1n) is 6.71. The Morgan fingerprint density at radius 1 is 1.11 bits per heavy atom. The second kappa shape index (κ2) is 5.39. The number of aliphatic hydroxyl groups is 1. The van der Waals surface area contributed by atoms with Crippen LogP contribution >= 0.6 is 11.3 Å². The zero-order chi connectivity index (χ0) is 12.4. The van der Waals surface area contributed by atoms with Crippen molar-refractivity contribution in [3.63, 3.8) is 0 Å². The Kier molecular flexibility index (Phi) is 3.64. The molecule has 3 rings (SSSR count). The molecule has 0 radical (unpaired) electrons. The van der Waals surface area contributed by atoms with E-state index < -0.39 is 0 Å². The summed E-state index contributed by atoms with van der Waals surface area (Å²) in [5.41, 5.74) is 1.35. The van der Waals surface area contributed by atoms with Gasteiger partial charge in [-0.1, -0.05) is 24.6 Å². The molecule has 96 valence electrons. The highest BCUT2D eigenvalue weighted by Gasteiger charge is 2.16. The Bertz CT molecular complexity index is 528. The third-order valence-corrected chi connectivity index (χ3v) is 4.95. The van der Waals surface area contributed by atoms with Gasteiger partial charge < -0.3 is 5.11 Å². The molecule has 0 atom stereocenters. The summed E-state index contributed by atoms with van der Waals surface area (Å²) < 4.78 is 1.30. The zero-order valence-corrected chi connectivity index (χ0v) is 11.4. The minimum atomic E-state index is 0.169. The molecular formula is C15H19NOS. The number of benzene rings is 1. The molecule has 1 saturated heterocycles. The van der Waals surface area contributed by atoms with Gasteiger partial charge in [0.15, 0.2) is 0 Å². The second-order valence-electron chi connectivity index (χ2n) is 4.99. The summed E-state index contributed by atoms with van der Waals surface area (Å²) >= 11 is 1.74. The molecule has 0 bridgehead atoms. The van der Waals surface area contributed by atoms with E-state index in [-0.39, 0.29) is 6.61 Å². The Morgan fingerprint density at radius 3 is 2.67 bits per heavy atom. The number of piperidine rings is 1. The van der Waals surface area contributed by atoms with Crippen LogP contribution in [0.15, 0.2) is 24.3 Å². The van der Waals surface area contributed by atoms with Crippen molar-refractivity contribution in [1.29, 1.82) is 0 Å². The van der Waals surface area contributed by atoms with Gasteiger partial charge in [0.2, 0.25) is 0 Å². The molecule has 0 spiro atoms. The van der Waals surface area contributed by atoms with Gasteiger partial charge in [0.1, 0.15) is 0 Å². The maximum absolute atomic E-state index is 9.54. The molecule has 1 aliphatic rings. The number of rotatable bonds is 3. The monoisotopic (exact) mass is 261 g/mol. The Balaban J connectivity index is 1.93. The van der Waals surface area contributed by atoms with Crippen molar-refractivity contribution in [3.8, 4) is 0 Å². The summed E-state index contributed by atoms with van der Waals surface area (Å²) in [7, 11) is 0. The van der Waals surface area contributed by atoms with Crippen LogP contribution in [0.2, 0.25) is 0 Å². The van der Waals surface area contributed by atoms with Crippen LogP contribution in [0.5, 0.6) is 0 Å². The molecule has 1 fully saturated rings. The van der Waals surface area contributed by atoms with Crippen molar-refractivity contribution in [2.75, 3.05) is 13.1 Å². The molecule has 1 aromatic heterocycles. The second-order valence-corrected chi connectivity index (χ2v) is 6.13. The molecule has 2 nitrogen and oxygen atoms in total. The van der Waals surface area contributed by atoms with Gasteiger partial charge in [-0.3, -0.25) is 4.90 Å². The van der Waals surface area contributed by atoms with Gasteiger partial charge in [-0.25, -0.2) is 0 Å². The van der Waals surface area contributed by atoms with Gasteiger partial charge >= 0.3 is 0 Å². The van der Waals surface area contributed by atoms with Crippen LogP contribution in [0.3, 0.4) is 0 Å². The van der Waals surface area contributed by atoms with Crippen LogP contribution in [-0.2, 0) is 13.2 Å². The highest BCUT2D eigenvalue weighted by molar-refractivity contribution is 7.19. The number of fused-ring (bicyclic) bond motifs is 1. The minimum absolute atomic E-state index is 0.169. The van der Waals surface area contributed by atoms with E-state index in [0.29, 0.717) is 0 Å². The van der Waals surface area contributed by atoms with Crippen LogP contribution in [0.4, 0.5) is 0 Å². The molecule has 1 aromatic carbocycles. The van der Waals surface area contributed by atoms with Gasteiger partial charge in [0.05, 0.1) is 6.61 Å². The predicted octanol–water partition coefficient (Wildman–Crippen LogP) is 3.38. The van der Waals surface area contributed by atoms with E-state index in [1.165, 1.54) is 48.0 Å². The normalized spacial score (nSPS) is 17.4. The van der Waals surface area contributed by atoms with Crippen molar-refractivity contribution in [2.24, 2.45) is 0 Å². The van der Waals surface area contributed by atoms with Crippen LogP contribution in [-0.4, -0.2) is 23.1 Å². The van der Waals surface area contributed by atoms with E-state index in [1.807, 2.05) is 0 Å². The van der Waals surface area contributed by atoms with Crippen LogP contribution < -0.4 is 0 Å². The third-order valence-electron chi connectivity index (χ3n) is 3.76. The van der Waals surface area contributed by atoms with Crippen molar-refractivity contribution >= 4 is 21.4 Å². The molecule has 2 aromatic rings. The van der Waals surface area contributed by atoms with E-state index in [1.54, 1.807) is 11.3 Å². The third kappa shape index (κ3) is 2.30. The van der Waals surface area contributed by atoms with Gasteiger partial charge in [-0.05, 0) is 42.9 Å². The molecule has 2 heterocycles. The highest BCUT2D eigenvalue weighted by Crippen LogP contribution is 2.32. The van der Waals surface area contributed by atoms with E-state index in [9.17, 15) is 5.11 Å². The molecule has 18 heavy (non-hydrogen) atoms. The number of hydrogen-bond acceptors (Lipinski definition) is 3. The lowest BCUT2D eigenvalue weighted by atomic mass is 10.1. The van der Waals surface area contributed by atoms with Gasteiger partial charge in [0, 0.05) is 16.1 Å². The first kappa shape index (κ1) is 12.2. The van der Waals surface area contributed by atoms with Gasteiger partial charge in [-0.15, -0.1) is 11.3 Å². The summed E-state index contributed by atoms with van der Waals surface area (Å²) in [6.07, 6.45) is 4.00. The number of hydrogen-bond donors (Lipinski definition) is 1. The topological polar surface area (TPSA) is 23.5 Å². The maximum atomic E-state index is 9.54. The Labute approximate surface area is 112 Å². The summed E-state index contributed by atoms with van der Waals surface area (Å²) in [6.45, 7) is 3.58. The van der Waals surface area contributed by atoms with Crippen molar-refractivity contribution < 1.29 is 5.11 Å². The molecule has 3 heteroatoms. The lowest BCUT2D eigenvalue weighted by molar-refractivity contribution is 0.219. The average molecular weight is 261 g/mol. The van der Waals surface area contributed by atoms with Gasteiger partial charge in [-0.2, -0.15) is 0 Å². The van der Waals surface area contributed by atoms with E-state index >= 15 is 0 Å². The molecule has 1 aliphatic heterocycles. The van der Waals surface area contributed by atoms with E-state index in [4.69, 9.17) is 0 Å². The molecule has 0 aliphatic carbocycles. The summed E-state index contributed by atoms with van der Waals surface area (Å²) in [4.78, 5) is 3.67. The first-order valence-corrected chi connectivity index (χ1v) is 7.52. The lowest BCUT2D eigenvalue weighted by Gasteiger charge is -2.26. The SMILES string of the molecule is OCc1sc2ccccc2c1CN1CCCCC1. The molecule has 0 unspecified atom stereocenters. The standard InChI is InChI=1S/C15H19NOS/c17-11-15-13(10-16-8-4-1-5-9-16)12-6-2-3-7-14(12)18-15/h2-3,6-7,17H,1,4-5,8-11H2. The fraction of sp³-hybridized carbons (Fsp3) is 0.467. The van der Waals surface area contributed by atoms with E-state index in [2.05, 4.69) is 29.2 Å². The first-order chi connectivity index (χ1) is 8.88. The number of aliphatic hydroxyl groups excluding tert-OH is 1.